The molecule has 2 nitrogen and oxygen atoms in total. The smallest absolute Gasteiger partial charge is 0.140 e. The molecular weight excluding hydrogens is 607 g/mol. The number of nitrogens with zero attached hydrogens (tertiary/aromatic N) is 1. The normalized spacial score (nSPS) is 16.5. The molecule has 0 aromatic heterocycles. The first-order chi connectivity index (χ1) is 24.7. The Morgan fingerprint density at radius 1 is 0.540 bits per heavy atom. The predicted molar refractivity (Wildman–Crippen MR) is 209 cm³/mol. The maximum absolute atomic E-state index is 7.12. The Kier molecular flexibility index (Phi) is 7.25. The molecule has 9 rings (SSSR count). The Balaban J connectivity index is 1.47. The molecule has 1 atom stereocenters. The monoisotopic (exact) mass is 643 g/mol. The van der Waals surface area contributed by atoms with Crippen molar-refractivity contribution in [3.63, 3.8) is 0 Å². The second-order valence-corrected chi connectivity index (χ2v) is 13.3. The molecule has 0 radical (unpaired) electrons. The first-order valence-electron chi connectivity index (χ1n) is 17.4. The maximum Gasteiger partial charge on any atom is 0.140 e. The van der Waals surface area contributed by atoms with Gasteiger partial charge in [0.1, 0.15) is 11.5 Å². The highest BCUT2D eigenvalue weighted by Crippen LogP contribution is 2.61. The van der Waals surface area contributed by atoms with E-state index >= 15 is 0 Å². The number of anilines is 3. The lowest BCUT2D eigenvalue weighted by Gasteiger charge is -2.45. The van der Waals surface area contributed by atoms with E-state index in [1.54, 1.807) is 0 Å². The Hall–Kier alpha value is -6.12. The van der Waals surface area contributed by atoms with Gasteiger partial charge >= 0.3 is 0 Å². The van der Waals surface area contributed by atoms with E-state index in [-0.39, 0.29) is 0 Å². The fourth-order valence-corrected chi connectivity index (χ4v) is 8.38. The number of para-hydroxylation sites is 3. The molecule has 50 heavy (non-hydrogen) atoms. The third-order valence-electron chi connectivity index (χ3n) is 10.5. The van der Waals surface area contributed by atoms with Gasteiger partial charge in [0.25, 0.3) is 0 Å². The van der Waals surface area contributed by atoms with Gasteiger partial charge in [-0.25, -0.2) is 0 Å². The Labute approximate surface area is 293 Å². The van der Waals surface area contributed by atoms with Crippen molar-refractivity contribution in [3.05, 3.63) is 209 Å². The Morgan fingerprint density at radius 3 is 1.86 bits per heavy atom. The molecule has 240 valence electrons. The standard InChI is InChI=1S/C48H37NO/c1-33-18-6-3-11-27-42(33)48(44-32-37(31-30-34(44)2)49(35-19-7-4-8-20-35)36-21-9-5-10-22-36)43-28-16-17-29-45(43)50-47-41-26-15-13-24-39(41)38-23-12-14-25-40(38)46(47)48/h3-26,28-32H,27H2,1-2H3. The molecule has 7 aromatic carbocycles. The number of rotatable bonds is 5. The Bertz CT molecular complexity index is 2470. The average molecular weight is 644 g/mol. The summed E-state index contributed by atoms with van der Waals surface area (Å²) in [5.74, 6) is 1.83. The van der Waals surface area contributed by atoms with Crippen LogP contribution in [0.4, 0.5) is 17.1 Å². The van der Waals surface area contributed by atoms with Gasteiger partial charge in [-0.3, -0.25) is 0 Å². The fourth-order valence-electron chi connectivity index (χ4n) is 8.38. The van der Waals surface area contributed by atoms with Crippen LogP contribution in [0.25, 0.3) is 21.5 Å². The highest BCUT2D eigenvalue weighted by atomic mass is 16.5. The summed E-state index contributed by atoms with van der Waals surface area (Å²) in [4.78, 5) is 2.37. The molecule has 2 heteroatoms. The van der Waals surface area contributed by atoms with Gasteiger partial charge in [-0.1, -0.05) is 139 Å². The van der Waals surface area contributed by atoms with Gasteiger partial charge in [-0.05, 0) is 95.6 Å². The van der Waals surface area contributed by atoms with E-state index in [1.165, 1.54) is 44.0 Å². The van der Waals surface area contributed by atoms with Gasteiger partial charge in [-0.15, -0.1) is 0 Å². The number of fused-ring (bicyclic) bond motifs is 7. The van der Waals surface area contributed by atoms with E-state index in [4.69, 9.17) is 4.74 Å². The molecule has 1 aliphatic heterocycles. The minimum atomic E-state index is -0.671. The summed E-state index contributed by atoms with van der Waals surface area (Å²) in [7, 11) is 0. The van der Waals surface area contributed by atoms with Crippen LogP contribution >= 0.6 is 0 Å². The number of benzene rings is 7. The van der Waals surface area contributed by atoms with Crippen molar-refractivity contribution < 1.29 is 4.74 Å². The average Bonchev–Trinajstić information content (AvgIpc) is 3.40. The summed E-state index contributed by atoms with van der Waals surface area (Å²) < 4.78 is 7.12. The van der Waals surface area contributed by atoms with Gasteiger partial charge in [0.2, 0.25) is 0 Å². The third kappa shape index (κ3) is 4.56. The summed E-state index contributed by atoms with van der Waals surface area (Å²) in [5.41, 5.74) is 10.1. The van der Waals surface area contributed by atoms with Crippen molar-refractivity contribution in [1.29, 1.82) is 0 Å². The third-order valence-corrected chi connectivity index (χ3v) is 10.5. The van der Waals surface area contributed by atoms with E-state index < -0.39 is 5.41 Å². The Morgan fingerprint density at radius 2 is 1.14 bits per heavy atom. The van der Waals surface area contributed by atoms with Crippen LogP contribution in [0.2, 0.25) is 0 Å². The zero-order valence-corrected chi connectivity index (χ0v) is 28.3. The lowest BCUT2D eigenvalue weighted by atomic mass is 9.59. The zero-order chi connectivity index (χ0) is 33.7. The quantitative estimate of drug-likeness (QED) is 0.173. The van der Waals surface area contributed by atoms with Gasteiger partial charge in [-0.2, -0.15) is 0 Å². The van der Waals surface area contributed by atoms with Crippen molar-refractivity contribution >= 4 is 38.6 Å². The summed E-state index contributed by atoms with van der Waals surface area (Å²) in [6, 6.07) is 54.7. The highest BCUT2D eigenvalue weighted by Gasteiger charge is 2.49. The molecule has 0 spiro atoms. The van der Waals surface area contributed by atoms with E-state index in [1.807, 2.05) is 0 Å². The number of allylic oxidation sites excluding steroid dienone is 6. The van der Waals surface area contributed by atoms with E-state index in [0.29, 0.717) is 0 Å². The summed E-state index contributed by atoms with van der Waals surface area (Å²) >= 11 is 0. The molecule has 2 aliphatic rings. The maximum atomic E-state index is 7.12. The van der Waals surface area contributed by atoms with E-state index in [2.05, 4.69) is 195 Å². The van der Waals surface area contributed by atoms with Crippen molar-refractivity contribution in [2.75, 3.05) is 4.90 Å². The van der Waals surface area contributed by atoms with Crippen LogP contribution < -0.4 is 9.64 Å². The van der Waals surface area contributed by atoms with Crippen LogP contribution in [0.1, 0.15) is 35.6 Å². The van der Waals surface area contributed by atoms with E-state index in [9.17, 15) is 0 Å². The van der Waals surface area contributed by atoms with Crippen molar-refractivity contribution in [2.45, 2.75) is 25.7 Å². The molecule has 0 bridgehead atoms. The lowest BCUT2D eigenvalue weighted by Crippen LogP contribution is -2.37. The van der Waals surface area contributed by atoms with E-state index in [0.717, 1.165) is 45.9 Å². The van der Waals surface area contributed by atoms with Crippen LogP contribution in [0.15, 0.2) is 187 Å². The van der Waals surface area contributed by atoms with Crippen molar-refractivity contribution in [2.24, 2.45) is 0 Å². The number of hydrogen-bond acceptors (Lipinski definition) is 2. The van der Waals surface area contributed by atoms with Crippen LogP contribution in [0.5, 0.6) is 11.5 Å². The summed E-state index contributed by atoms with van der Waals surface area (Å²) in [6.07, 6.45) is 9.76. The number of ether oxygens (including phenoxy) is 1. The zero-order valence-electron chi connectivity index (χ0n) is 28.3. The molecule has 1 unspecified atom stereocenters. The molecule has 0 saturated carbocycles. The first kappa shape index (κ1) is 30.0. The first-order valence-corrected chi connectivity index (χ1v) is 17.4. The topological polar surface area (TPSA) is 12.5 Å². The van der Waals surface area contributed by atoms with Crippen LogP contribution in [0.3, 0.4) is 0 Å². The minimum Gasteiger partial charge on any atom is -0.456 e. The molecule has 0 saturated heterocycles. The van der Waals surface area contributed by atoms with Gasteiger partial charge < -0.3 is 9.64 Å². The molecular formula is C48H37NO. The molecule has 1 heterocycles. The molecule has 0 fully saturated rings. The predicted octanol–water partition coefficient (Wildman–Crippen LogP) is 13.0. The van der Waals surface area contributed by atoms with Gasteiger partial charge in [0.05, 0.1) is 5.41 Å². The second-order valence-electron chi connectivity index (χ2n) is 13.3. The molecule has 0 amide bonds. The van der Waals surface area contributed by atoms with Crippen LogP contribution in [-0.2, 0) is 5.41 Å². The van der Waals surface area contributed by atoms with Crippen LogP contribution in [0, 0.1) is 6.92 Å². The largest absolute Gasteiger partial charge is 0.456 e. The SMILES string of the molecule is CC1=C(C2(c3cc(N(c4ccccc4)c4ccccc4)ccc3C)c3ccccc3Oc3c2c2ccccc2c2ccccc32)CC=CC=C1. The van der Waals surface area contributed by atoms with Crippen LogP contribution in [-0.4, -0.2) is 0 Å². The highest BCUT2D eigenvalue weighted by molar-refractivity contribution is 6.14. The number of hydrogen-bond donors (Lipinski definition) is 0. The molecule has 0 N–H and O–H groups in total. The van der Waals surface area contributed by atoms with Gasteiger partial charge in [0, 0.05) is 33.6 Å². The minimum absolute atomic E-state index is 0.671. The summed E-state index contributed by atoms with van der Waals surface area (Å²) in [6.45, 7) is 4.55. The second kappa shape index (κ2) is 12.1. The van der Waals surface area contributed by atoms with Crippen molar-refractivity contribution in [3.8, 4) is 11.5 Å². The summed E-state index contributed by atoms with van der Waals surface area (Å²) in [5, 5.41) is 4.77. The number of aryl methyl sites for hydroxylation is 1. The fraction of sp³-hybridized carbons (Fsp3) is 0.0833. The van der Waals surface area contributed by atoms with Crippen molar-refractivity contribution in [1.82, 2.24) is 0 Å². The van der Waals surface area contributed by atoms with Gasteiger partial charge in [0.15, 0.2) is 0 Å². The molecule has 1 aliphatic carbocycles. The lowest BCUT2D eigenvalue weighted by molar-refractivity contribution is 0.438. The molecule has 7 aromatic rings.